The van der Waals surface area contributed by atoms with Gasteiger partial charge in [0.2, 0.25) is 36.4 Å². The van der Waals surface area contributed by atoms with Crippen molar-refractivity contribution >= 4 is 92.7 Å². The van der Waals surface area contributed by atoms with Crippen molar-refractivity contribution in [2.24, 2.45) is 5.92 Å². The van der Waals surface area contributed by atoms with E-state index in [0.717, 1.165) is 48.5 Å². The average molecular weight is 1740 g/mol. The Hall–Kier alpha value is -9.10. The van der Waals surface area contributed by atoms with E-state index in [2.05, 4.69) is 75.7 Å². The van der Waals surface area contributed by atoms with Crippen LogP contribution in [0.15, 0.2) is 35.7 Å². The number of benzene rings is 1. The molecule has 0 spiro atoms. The lowest BCUT2D eigenvalue weighted by Gasteiger charge is -2.44. The lowest BCUT2D eigenvalue weighted by molar-refractivity contribution is -0.279. The molecule has 0 aromatic heterocycles. The van der Waals surface area contributed by atoms with Gasteiger partial charge in [-0.2, -0.15) is 5.26 Å². The van der Waals surface area contributed by atoms with E-state index >= 15 is 0 Å². The highest BCUT2D eigenvalue weighted by atomic mass is 31.2. The molecule has 680 valence electrons. The van der Waals surface area contributed by atoms with Crippen LogP contribution in [0.4, 0.5) is 0 Å². The monoisotopic (exact) mass is 1740 g/mol. The van der Waals surface area contributed by atoms with Crippen molar-refractivity contribution < 1.29 is 157 Å². The summed E-state index contributed by atoms with van der Waals surface area (Å²) < 4.78 is 104. The minimum atomic E-state index is -1.92. The van der Waals surface area contributed by atoms with Gasteiger partial charge in [0.1, 0.15) is 37.2 Å². The van der Waals surface area contributed by atoms with Gasteiger partial charge in [0.15, 0.2) is 55.7 Å². The van der Waals surface area contributed by atoms with Gasteiger partial charge in [-0.3, -0.25) is 72.0 Å². The minimum Gasteiger partial charge on any atom is -0.463 e. The molecule has 13 unspecified atom stereocenters. The van der Waals surface area contributed by atoms with E-state index in [1.54, 1.807) is 24.3 Å². The van der Waals surface area contributed by atoms with E-state index in [0.29, 0.717) is 36.8 Å². The van der Waals surface area contributed by atoms with Crippen molar-refractivity contribution in [2.45, 2.75) is 220 Å². The topological polar surface area (TPSA) is 540 Å². The number of nitrogens with one attached hydrogen (secondary N) is 7. The molecule has 1 aromatic rings. The number of hydrogen-bond acceptors (Lipinski definition) is 37. The number of nitriles is 1. The number of nitrogens with zero attached hydrogens (tertiary/aromatic N) is 3. The molecule has 13 atom stereocenters. The fourth-order valence-corrected chi connectivity index (χ4v) is 14.6. The Labute approximate surface area is 703 Å². The highest BCUT2D eigenvalue weighted by Crippen LogP contribution is 2.49. The van der Waals surface area contributed by atoms with Gasteiger partial charge in [-0.15, -0.1) is 0 Å². The fraction of sp³-hybridized carbons (Fsp3) is 0.701. The summed E-state index contributed by atoms with van der Waals surface area (Å²) in [5.74, 6) is -9.01. The minimum absolute atomic E-state index is 0.112. The Bertz CT molecular complexity index is 3530. The van der Waals surface area contributed by atoms with Gasteiger partial charge in [0, 0.05) is 99.6 Å². The Kier molecular flexibility index (Phi) is 49.4. The average Bonchev–Trinajstić information content (AvgIpc) is 0.791. The van der Waals surface area contributed by atoms with Crippen LogP contribution in [0.5, 0.6) is 0 Å². The molecule has 44 heteroatoms. The van der Waals surface area contributed by atoms with Crippen molar-refractivity contribution in [1.82, 2.24) is 46.8 Å². The second kappa shape index (κ2) is 57.3. The van der Waals surface area contributed by atoms with Crippen LogP contribution in [-0.4, -0.2) is 316 Å². The zero-order valence-corrected chi connectivity index (χ0v) is 71.6. The van der Waals surface area contributed by atoms with E-state index in [1.165, 1.54) is 18.9 Å². The van der Waals surface area contributed by atoms with E-state index in [9.17, 15) is 77.5 Å². The summed E-state index contributed by atoms with van der Waals surface area (Å²) in [5, 5.41) is 38.9. The summed E-state index contributed by atoms with van der Waals surface area (Å²) in [5.41, 5.74) is 0.814. The van der Waals surface area contributed by atoms with E-state index in [-0.39, 0.29) is 148 Å². The maximum absolute atomic E-state index is 14.9. The van der Waals surface area contributed by atoms with Crippen molar-refractivity contribution in [1.29, 1.82) is 5.26 Å². The highest BCUT2D eigenvalue weighted by Gasteiger charge is 2.52. The first kappa shape index (κ1) is 104. The molecule has 6 amide bonds. The maximum atomic E-state index is 14.9. The van der Waals surface area contributed by atoms with Crippen LogP contribution in [0.25, 0.3) is 0 Å². The second-order valence-corrected chi connectivity index (χ2v) is 29.6. The molecular formula is C77H119N10O33P. The van der Waals surface area contributed by atoms with Crippen LogP contribution < -0.4 is 37.2 Å². The summed E-state index contributed by atoms with van der Waals surface area (Å²) in [7, 11) is 0.0571. The third-order valence-electron chi connectivity index (χ3n) is 17.9. The van der Waals surface area contributed by atoms with Crippen LogP contribution in [0.1, 0.15) is 126 Å². The molecule has 43 nitrogen and oxygen atoms in total. The maximum Gasteiger partial charge on any atom is 0.307 e. The lowest BCUT2D eigenvalue weighted by Crippen LogP contribution is -2.66. The summed E-state index contributed by atoms with van der Waals surface area (Å²) in [4.78, 5) is 178. The standard InChI is InChI=1S/C77H119N10O33P/c1-46(2)87(47(3)4)121(112-27-14-23-78)120-59-21-19-58(20-22-59)73(100)83-38-57-17-15-56(16-18-57)37-60(74(101)82-26-30-105-32-35-107-76-67(79-13)71(116-54(11)96)69(114-52(9)94)62(118-76)42-110-49(6)91)86(39-64(98)80-24-28-103-31-34-106-75(102)66(84-44-88)61(113-51(8)93)41-109-48(5)90)40-65(99)81-25-29-104-33-36-108-77-68(85-45-89)72(117-55(12)97)70(115-53(10)95)63(119-77)43-111-50(7)92/h15-18,44-47,58-60,62-63,67-72,75-77,79,102H,14,19-22,24-43H2,1-13H3,(H,80,98)(H,81,99)(H,82,101)(H,83,100)(H,84,88)(H,85,89)/b66-61+. The quantitative estimate of drug-likeness (QED) is 0.00754. The molecule has 2 saturated heterocycles. The van der Waals surface area contributed by atoms with Gasteiger partial charge in [-0.05, 0) is 78.0 Å². The highest BCUT2D eigenvalue weighted by molar-refractivity contribution is 7.44. The first-order valence-electron chi connectivity index (χ1n) is 39.5. The Morgan fingerprint density at radius 1 is 0.570 bits per heavy atom. The molecule has 121 heavy (non-hydrogen) atoms. The second-order valence-electron chi connectivity index (χ2n) is 28.2. The smallest absolute Gasteiger partial charge is 0.307 e. The van der Waals surface area contributed by atoms with Crippen molar-refractivity contribution in [2.75, 3.05) is 126 Å². The molecule has 4 rings (SSSR count). The van der Waals surface area contributed by atoms with Crippen molar-refractivity contribution in [3.05, 3.63) is 46.8 Å². The molecule has 0 radical (unpaired) electrons. The van der Waals surface area contributed by atoms with E-state index < -0.39 is 192 Å². The number of hydrogen-bond donors (Lipinski definition) is 8. The van der Waals surface area contributed by atoms with Crippen molar-refractivity contribution in [3.63, 3.8) is 0 Å². The number of rotatable bonds is 57. The molecule has 1 aromatic carbocycles. The first-order valence-corrected chi connectivity index (χ1v) is 40.6. The number of aliphatic hydroxyl groups excluding tert-OH is 1. The summed E-state index contributed by atoms with van der Waals surface area (Å²) in [6.45, 7) is 12.6. The molecule has 1 aliphatic carbocycles. The van der Waals surface area contributed by atoms with Crippen molar-refractivity contribution in [3.8, 4) is 6.07 Å². The third kappa shape index (κ3) is 39.7. The fourth-order valence-electron chi connectivity index (χ4n) is 12.8. The number of likely N-dealkylation sites (N-methyl/N-ethyl adjacent to an activating group) is 1. The predicted molar refractivity (Wildman–Crippen MR) is 418 cm³/mol. The van der Waals surface area contributed by atoms with Crippen LogP contribution in [0.3, 0.4) is 0 Å². The number of carbonyl (C=O) groups is 14. The zero-order valence-electron chi connectivity index (χ0n) is 70.7. The molecule has 2 aliphatic heterocycles. The molecular weight excluding hydrogens is 1620 g/mol. The summed E-state index contributed by atoms with van der Waals surface area (Å²) in [6.07, 6.45) is -9.31. The molecule has 2 heterocycles. The zero-order chi connectivity index (χ0) is 89.5. The SMILES string of the molecule is CNC1C(OCCOCCNC(=O)C(Cc2ccc(CNC(=O)C3CCC(OP(OCCC#N)N(C(C)C)C(C)C)CC3)cc2)N(CC(=O)NCCOCCOC(O)/C(NC=O)=C(/COC(C)=O)OC(C)=O)CC(=O)NCCOCCOC2OC(COC(C)=O)C(OC(C)=O)C(OC(C)=O)C2NC=O)OC(COC(C)=O)C(OC(C)=O)C1OC(C)=O. The molecule has 3 aliphatic rings. The molecule has 3 fully saturated rings. The normalized spacial score (nSPS) is 21.7. The molecule has 1 saturated carbocycles. The van der Waals surface area contributed by atoms with Gasteiger partial charge < -0.3 is 127 Å². The number of ether oxygens (including phenoxy) is 16. The molecule has 8 N–H and O–H groups in total. The van der Waals surface area contributed by atoms with Gasteiger partial charge >= 0.3 is 47.8 Å². The summed E-state index contributed by atoms with van der Waals surface area (Å²) in [6, 6.07) is 5.83. The number of esters is 8. The Balaban J connectivity index is 1.59. The van der Waals surface area contributed by atoms with E-state index in [4.69, 9.17) is 84.8 Å². The first-order chi connectivity index (χ1) is 57.7. The van der Waals surface area contributed by atoms with Crippen LogP contribution >= 0.6 is 8.53 Å². The lowest BCUT2D eigenvalue weighted by atomic mass is 9.87. The molecule has 0 bridgehead atoms. The number of carbonyl (C=O) groups excluding carboxylic acids is 14. The third-order valence-corrected chi connectivity index (χ3v) is 20.1. The van der Waals surface area contributed by atoms with Gasteiger partial charge in [0.05, 0.1) is 110 Å². The summed E-state index contributed by atoms with van der Waals surface area (Å²) >= 11 is 0. The Morgan fingerprint density at radius 3 is 1.51 bits per heavy atom. The Morgan fingerprint density at radius 2 is 1.05 bits per heavy atom. The van der Waals surface area contributed by atoms with Crippen LogP contribution in [0.2, 0.25) is 0 Å². The van der Waals surface area contributed by atoms with Crippen LogP contribution in [0, 0.1) is 17.2 Å². The van der Waals surface area contributed by atoms with Gasteiger partial charge in [0.25, 0.3) is 8.53 Å². The van der Waals surface area contributed by atoms with Gasteiger partial charge in [-0.1, -0.05) is 24.3 Å². The number of amides is 6. The van der Waals surface area contributed by atoms with E-state index in [1.807, 2.05) is 0 Å². The predicted octanol–water partition coefficient (Wildman–Crippen LogP) is -0.777. The van der Waals surface area contributed by atoms with Crippen LogP contribution in [-0.2, 0) is 165 Å². The number of aliphatic hydroxyl groups is 1. The largest absolute Gasteiger partial charge is 0.463 e. The van der Waals surface area contributed by atoms with Gasteiger partial charge in [-0.25, -0.2) is 4.67 Å².